The van der Waals surface area contributed by atoms with Crippen LogP contribution in [-0.2, 0) is 29.7 Å². The number of fused-ring (bicyclic) bond motifs is 2. The summed E-state index contributed by atoms with van der Waals surface area (Å²) >= 11 is 0. The van der Waals surface area contributed by atoms with Gasteiger partial charge in [-0.3, -0.25) is 10.1 Å². The first-order valence-corrected chi connectivity index (χ1v) is 16.6. The molecule has 10 nitrogen and oxygen atoms in total. The van der Waals surface area contributed by atoms with Gasteiger partial charge in [-0.05, 0) is 58.7 Å². The monoisotopic (exact) mass is 650 g/mol. The molecule has 7 rings (SSSR count). The largest absolute Gasteiger partial charge is 0.335 e. The molecular weight excluding hydrogens is 622 g/mol. The molecule has 0 aliphatic carbocycles. The van der Waals surface area contributed by atoms with Gasteiger partial charge < -0.3 is 10.3 Å². The quantitative estimate of drug-likeness (QED) is 0.146. The number of hydrogen-bond donors (Lipinski definition) is 4. The van der Waals surface area contributed by atoms with Crippen LogP contribution in [0.1, 0.15) is 16.7 Å². The number of pyridine rings is 2. The van der Waals surface area contributed by atoms with E-state index < -0.39 is 21.7 Å². The second-order valence-corrected chi connectivity index (χ2v) is 13.0. The van der Waals surface area contributed by atoms with Crippen molar-refractivity contribution in [3.05, 3.63) is 120 Å². The van der Waals surface area contributed by atoms with Crippen molar-refractivity contribution in [2.24, 2.45) is 0 Å². The lowest BCUT2D eigenvalue weighted by Gasteiger charge is -2.08. The molecule has 0 fully saturated rings. The summed E-state index contributed by atoms with van der Waals surface area (Å²) in [6.07, 6.45) is 5.98. The van der Waals surface area contributed by atoms with Gasteiger partial charge in [0, 0.05) is 66.4 Å². The highest BCUT2D eigenvalue weighted by atomic mass is 32.2. The third-order valence-corrected chi connectivity index (χ3v) is 8.35. The standard InChI is InChI=1S/C34H28F2N8O2S/c1-47(45,46)40-18-21-9-23(12-25(35)11-21)26-7-8-39-33-31(26)41-34(42-33)32-28-13-27(29(36)14-30(28)43-44-32)24-10-22(17-38-19-24)16-37-15-20-5-3-2-4-6-20/h2-14,17,19,37,40H,15-16,18H2,1H3,(H,43,44)(H,39,41,42). The Morgan fingerprint density at radius 2 is 1.64 bits per heavy atom. The summed E-state index contributed by atoms with van der Waals surface area (Å²) in [5.41, 5.74) is 6.48. The Balaban J connectivity index is 1.21. The molecule has 47 heavy (non-hydrogen) atoms. The number of rotatable bonds is 10. The molecule has 0 saturated carbocycles. The van der Waals surface area contributed by atoms with Gasteiger partial charge in [-0.15, -0.1) is 0 Å². The van der Waals surface area contributed by atoms with Crippen LogP contribution in [0.4, 0.5) is 8.78 Å². The molecule has 0 spiro atoms. The third kappa shape index (κ3) is 6.63. The highest BCUT2D eigenvalue weighted by Gasteiger charge is 2.19. The minimum Gasteiger partial charge on any atom is -0.335 e. The van der Waals surface area contributed by atoms with Gasteiger partial charge >= 0.3 is 0 Å². The Kier molecular flexibility index (Phi) is 8.02. The Hall–Kier alpha value is -5.37. The summed E-state index contributed by atoms with van der Waals surface area (Å²) in [5.74, 6) is -0.559. The smallest absolute Gasteiger partial charge is 0.209 e. The van der Waals surface area contributed by atoms with Gasteiger partial charge in [0.25, 0.3) is 0 Å². The lowest BCUT2D eigenvalue weighted by Crippen LogP contribution is -2.21. The van der Waals surface area contributed by atoms with E-state index in [1.165, 1.54) is 18.2 Å². The molecule has 13 heteroatoms. The van der Waals surface area contributed by atoms with Crippen LogP contribution < -0.4 is 10.0 Å². The Labute approximate surface area is 268 Å². The summed E-state index contributed by atoms with van der Waals surface area (Å²) < 4.78 is 55.6. The lowest BCUT2D eigenvalue weighted by molar-refractivity contribution is 0.586. The van der Waals surface area contributed by atoms with Crippen molar-refractivity contribution in [2.45, 2.75) is 19.6 Å². The minimum absolute atomic E-state index is 0.0627. The van der Waals surface area contributed by atoms with E-state index in [1.807, 2.05) is 36.4 Å². The van der Waals surface area contributed by atoms with Crippen LogP contribution >= 0.6 is 0 Å². The third-order valence-electron chi connectivity index (χ3n) is 7.68. The molecule has 3 aromatic carbocycles. The first-order valence-electron chi connectivity index (χ1n) is 14.7. The molecule has 0 atom stereocenters. The van der Waals surface area contributed by atoms with E-state index in [2.05, 4.69) is 40.2 Å². The number of nitrogens with zero attached hydrogens (tertiary/aromatic N) is 4. The zero-order valence-electron chi connectivity index (χ0n) is 25.1. The molecule has 0 bridgehead atoms. The van der Waals surface area contributed by atoms with Crippen LogP contribution in [0.5, 0.6) is 0 Å². The molecule has 4 heterocycles. The summed E-state index contributed by atoms with van der Waals surface area (Å²) in [6, 6.07) is 21.1. The van der Waals surface area contributed by atoms with E-state index in [1.54, 1.807) is 36.8 Å². The van der Waals surface area contributed by atoms with Crippen LogP contribution in [0.25, 0.3) is 55.8 Å². The summed E-state index contributed by atoms with van der Waals surface area (Å²) in [7, 11) is -3.46. The highest BCUT2D eigenvalue weighted by molar-refractivity contribution is 7.88. The van der Waals surface area contributed by atoms with Crippen LogP contribution in [-0.4, -0.2) is 44.8 Å². The van der Waals surface area contributed by atoms with Crippen LogP contribution in [0.3, 0.4) is 0 Å². The molecule has 0 unspecified atom stereocenters. The van der Waals surface area contributed by atoms with Gasteiger partial charge in [-0.1, -0.05) is 30.3 Å². The normalized spacial score (nSPS) is 11.9. The molecule has 4 aromatic heterocycles. The maximum atomic E-state index is 15.4. The topological polar surface area (TPSA) is 141 Å². The minimum atomic E-state index is -3.46. The van der Waals surface area contributed by atoms with E-state index in [-0.39, 0.29) is 6.54 Å². The summed E-state index contributed by atoms with van der Waals surface area (Å²) in [6.45, 7) is 1.19. The van der Waals surface area contributed by atoms with E-state index in [0.29, 0.717) is 74.5 Å². The number of halogens is 2. The summed E-state index contributed by atoms with van der Waals surface area (Å²) in [4.78, 5) is 16.7. The SMILES string of the molecule is CS(=O)(=O)NCc1cc(F)cc(-c2ccnc3nc(-c4n[nH]c5cc(F)c(-c6cncc(CNCc7ccccc7)c6)cc45)[nH]c23)c1. The van der Waals surface area contributed by atoms with Crippen molar-refractivity contribution in [3.63, 3.8) is 0 Å². The van der Waals surface area contributed by atoms with Crippen molar-refractivity contribution in [2.75, 3.05) is 6.26 Å². The van der Waals surface area contributed by atoms with Crippen molar-refractivity contribution >= 4 is 32.1 Å². The van der Waals surface area contributed by atoms with Crippen LogP contribution in [0, 0.1) is 11.6 Å². The van der Waals surface area contributed by atoms with Crippen molar-refractivity contribution in [1.29, 1.82) is 0 Å². The van der Waals surface area contributed by atoms with Gasteiger partial charge in [0.05, 0.1) is 17.3 Å². The Morgan fingerprint density at radius 1 is 0.830 bits per heavy atom. The van der Waals surface area contributed by atoms with Crippen LogP contribution in [0.15, 0.2) is 91.4 Å². The van der Waals surface area contributed by atoms with Gasteiger partial charge in [-0.25, -0.2) is 31.9 Å². The number of benzene rings is 3. The number of imidazole rings is 1. The fraction of sp³-hybridized carbons (Fsp3) is 0.118. The Bertz CT molecular complexity index is 2360. The number of aromatic nitrogens is 6. The lowest BCUT2D eigenvalue weighted by atomic mass is 10.0. The first-order chi connectivity index (χ1) is 22.7. The Morgan fingerprint density at radius 3 is 2.47 bits per heavy atom. The second-order valence-electron chi connectivity index (χ2n) is 11.2. The fourth-order valence-electron chi connectivity index (χ4n) is 5.50. The molecule has 236 valence electrons. The second kappa shape index (κ2) is 12.4. The van der Waals surface area contributed by atoms with Crippen molar-refractivity contribution in [1.82, 2.24) is 40.2 Å². The maximum absolute atomic E-state index is 15.4. The zero-order chi connectivity index (χ0) is 32.5. The van der Waals surface area contributed by atoms with E-state index >= 15 is 4.39 Å². The first kappa shape index (κ1) is 30.3. The van der Waals surface area contributed by atoms with E-state index in [0.717, 1.165) is 17.4 Å². The molecule has 7 aromatic rings. The molecule has 0 radical (unpaired) electrons. The fourth-order valence-corrected chi connectivity index (χ4v) is 5.93. The maximum Gasteiger partial charge on any atom is 0.209 e. The molecule has 0 aliphatic rings. The van der Waals surface area contributed by atoms with Gasteiger partial charge in [0.1, 0.15) is 17.3 Å². The van der Waals surface area contributed by atoms with Gasteiger partial charge in [0.15, 0.2) is 11.5 Å². The number of hydrogen-bond acceptors (Lipinski definition) is 7. The van der Waals surface area contributed by atoms with E-state index in [9.17, 15) is 12.8 Å². The number of H-pyrrole nitrogens is 2. The predicted molar refractivity (Wildman–Crippen MR) is 176 cm³/mol. The van der Waals surface area contributed by atoms with E-state index in [4.69, 9.17) is 0 Å². The van der Waals surface area contributed by atoms with Crippen molar-refractivity contribution < 1.29 is 17.2 Å². The summed E-state index contributed by atoms with van der Waals surface area (Å²) in [5, 5.41) is 11.4. The molecular formula is C34H28F2N8O2S. The number of aromatic amines is 2. The van der Waals surface area contributed by atoms with Gasteiger partial charge in [-0.2, -0.15) is 5.10 Å². The molecule has 0 amide bonds. The molecule has 0 saturated heterocycles. The average molecular weight is 651 g/mol. The average Bonchev–Trinajstić information content (AvgIpc) is 3.67. The molecule has 4 N–H and O–H groups in total. The number of sulfonamides is 1. The van der Waals surface area contributed by atoms with Gasteiger partial charge in [0.2, 0.25) is 10.0 Å². The van der Waals surface area contributed by atoms with Crippen LogP contribution in [0.2, 0.25) is 0 Å². The highest BCUT2D eigenvalue weighted by Crippen LogP contribution is 2.34. The molecule has 0 aliphatic heterocycles. The zero-order valence-corrected chi connectivity index (χ0v) is 25.9. The predicted octanol–water partition coefficient (Wildman–Crippen LogP) is 5.85. The number of nitrogens with one attached hydrogen (secondary N) is 4. The van der Waals surface area contributed by atoms with Crippen molar-refractivity contribution in [3.8, 4) is 33.8 Å².